The number of aromatic nitrogens is 5. The third-order valence-corrected chi connectivity index (χ3v) is 5.08. The average molecular weight is 478 g/mol. The number of phenols is 1. The molecule has 5 N–H and O–H groups in total. The van der Waals surface area contributed by atoms with Crippen LogP contribution in [-0.4, -0.2) is 50.2 Å². The van der Waals surface area contributed by atoms with Crippen LogP contribution in [0.1, 0.15) is 16.1 Å². The molecule has 0 saturated carbocycles. The van der Waals surface area contributed by atoms with E-state index in [2.05, 4.69) is 42.7 Å². The number of nitrogens with one attached hydrogen (secondary N) is 2. The Labute approximate surface area is 196 Å². The zero-order valence-corrected chi connectivity index (χ0v) is 18.2. The summed E-state index contributed by atoms with van der Waals surface area (Å²) in [5.41, 5.74) is 12.7. The maximum absolute atomic E-state index is 13.1. The van der Waals surface area contributed by atoms with Gasteiger partial charge in [0.25, 0.3) is 5.91 Å². The number of hydrazine groups is 1. The van der Waals surface area contributed by atoms with Crippen LogP contribution in [0.5, 0.6) is 23.0 Å². The summed E-state index contributed by atoms with van der Waals surface area (Å²) in [6, 6.07) is 9.69. The molecule has 2 aromatic heterocycles. The van der Waals surface area contributed by atoms with Crippen molar-refractivity contribution in [1.29, 1.82) is 0 Å². The Morgan fingerprint density at radius 1 is 1.17 bits per heavy atom. The highest BCUT2D eigenvalue weighted by atomic mass is 16.7. The maximum Gasteiger partial charge on any atom is 0.292 e. The molecule has 0 bridgehead atoms. The number of ether oxygens (including phenoxy) is 3. The summed E-state index contributed by atoms with van der Waals surface area (Å²) in [5.74, 6) is 0.646. The van der Waals surface area contributed by atoms with Crippen LogP contribution >= 0.6 is 0 Å². The second-order valence-corrected chi connectivity index (χ2v) is 7.18. The van der Waals surface area contributed by atoms with E-state index in [1.807, 2.05) is 0 Å². The lowest BCUT2D eigenvalue weighted by molar-refractivity contribution is 0.0938. The van der Waals surface area contributed by atoms with Gasteiger partial charge in [-0.05, 0) is 46.7 Å². The highest BCUT2D eigenvalue weighted by Crippen LogP contribution is 2.37. The van der Waals surface area contributed by atoms with Crippen molar-refractivity contribution >= 4 is 17.4 Å². The lowest BCUT2D eigenvalue weighted by Crippen LogP contribution is -2.36. The molecule has 0 radical (unpaired) electrons. The molecule has 3 heterocycles. The van der Waals surface area contributed by atoms with Gasteiger partial charge in [0, 0.05) is 11.1 Å². The molecule has 14 heteroatoms. The molecule has 1 amide bonds. The number of phenolic OH excluding ortho intramolecular Hbond substituents is 1. The van der Waals surface area contributed by atoms with E-state index < -0.39 is 5.91 Å². The number of methoxy groups -OCH3 is 1. The van der Waals surface area contributed by atoms with Gasteiger partial charge in [-0.2, -0.15) is 4.68 Å². The minimum absolute atomic E-state index is 0.0281. The molecule has 0 saturated heterocycles. The zero-order chi connectivity index (χ0) is 24.5. The SMILES string of the molecule is C=C(NNC(=O)c1nnn(-c2nonc2N)c1-c1ccc2c(c1)OCO2)c1ccc(O)c(OC)c1. The molecule has 35 heavy (non-hydrogen) atoms. The topological polar surface area (TPSA) is 185 Å². The summed E-state index contributed by atoms with van der Waals surface area (Å²) in [6.45, 7) is 3.97. The Bertz CT molecular complexity index is 1450. The van der Waals surface area contributed by atoms with Crippen molar-refractivity contribution in [3.8, 4) is 40.1 Å². The van der Waals surface area contributed by atoms with Crippen molar-refractivity contribution in [1.82, 2.24) is 36.2 Å². The smallest absolute Gasteiger partial charge is 0.292 e. The normalized spacial score (nSPS) is 11.8. The fourth-order valence-electron chi connectivity index (χ4n) is 3.35. The third kappa shape index (κ3) is 3.88. The number of fused-ring (bicyclic) bond motifs is 1. The molecule has 14 nitrogen and oxygen atoms in total. The molecule has 5 rings (SSSR count). The van der Waals surface area contributed by atoms with E-state index in [0.717, 1.165) is 0 Å². The molecule has 0 atom stereocenters. The number of hydrogen-bond donors (Lipinski definition) is 4. The monoisotopic (exact) mass is 478 g/mol. The van der Waals surface area contributed by atoms with Crippen molar-refractivity contribution in [2.45, 2.75) is 0 Å². The van der Waals surface area contributed by atoms with Crippen LogP contribution in [0.25, 0.3) is 22.8 Å². The molecule has 0 spiro atoms. The number of nitrogens with zero attached hydrogens (tertiary/aromatic N) is 5. The van der Waals surface area contributed by atoms with Crippen LogP contribution in [0.4, 0.5) is 5.82 Å². The highest BCUT2D eigenvalue weighted by Gasteiger charge is 2.27. The van der Waals surface area contributed by atoms with Crippen molar-refractivity contribution < 1.29 is 28.7 Å². The lowest BCUT2D eigenvalue weighted by Gasteiger charge is -2.13. The number of benzene rings is 2. The Kier molecular flexibility index (Phi) is 5.29. The molecule has 0 fully saturated rings. The van der Waals surface area contributed by atoms with Crippen molar-refractivity contribution in [3.05, 3.63) is 54.2 Å². The van der Waals surface area contributed by atoms with E-state index in [1.54, 1.807) is 30.3 Å². The van der Waals surface area contributed by atoms with E-state index >= 15 is 0 Å². The molecule has 4 aromatic rings. The first-order valence-electron chi connectivity index (χ1n) is 10.0. The summed E-state index contributed by atoms with van der Waals surface area (Å²) < 4.78 is 21.8. The number of carbonyl (C=O) groups excluding carboxylic acids is 1. The number of carbonyl (C=O) groups is 1. The van der Waals surface area contributed by atoms with Gasteiger partial charge in [0.05, 0.1) is 12.8 Å². The van der Waals surface area contributed by atoms with Crippen LogP contribution in [0, 0.1) is 0 Å². The van der Waals surface area contributed by atoms with Crippen molar-refractivity contribution in [2.24, 2.45) is 0 Å². The minimum atomic E-state index is -0.633. The Balaban J connectivity index is 1.45. The molecule has 178 valence electrons. The summed E-state index contributed by atoms with van der Waals surface area (Å²) in [6.07, 6.45) is 0. The standard InChI is InChI=1S/C21H18N8O6/c1-10(11-3-5-13(30)15(7-11)32-2)23-25-21(31)17-18(12-4-6-14-16(8-12)34-9-33-14)29(28-24-17)20-19(22)26-35-27-20/h3-8,23,30H,1,9H2,2H3,(H2,22,26)(H,25,31). The average Bonchev–Trinajstić information content (AvgIpc) is 3.61. The largest absolute Gasteiger partial charge is 0.504 e. The molecule has 2 aromatic carbocycles. The van der Waals surface area contributed by atoms with E-state index in [4.69, 9.17) is 19.9 Å². The summed E-state index contributed by atoms with van der Waals surface area (Å²) >= 11 is 0. The number of hydrogen-bond acceptors (Lipinski definition) is 12. The van der Waals surface area contributed by atoms with E-state index in [1.165, 1.54) is 17.9 Å². The Hall–Kier alpha value is -5.27. The van der Waals surface area contributed by atoms with E-state index in [9.17, 15) is 9.90 Å². The fraction of sp³-hybridized carbons (Fsp3) is 0.0952. The molecular weight excluding hydrogens is 460 g/mol. The first kappa shape index (κ1) is 21.6. The van der Waals surface area contributed by atoms with Crippen molar-refractivity contribution in [3.63, 3.8) is 0 Å². The summed E-state index contributed by atoms with van der Waals surface area (Å²) in [4.78, 5) is 13.1. The maximum atomic E-state index is 13.1. The molecule has 0 unspecified atom stereocenters. The van der Waals surface area contributed by atoms with E-state index in [0.29, 0.717) is 28.3 Å². The Morgan fingerprint density at radius 3 is 2.77 bits per heavy atom. The summed E-state index contributed by atoms with van der Waals surface area (Å²) in [5, 5.41) is 25.1. The van der Waals surface area contributed by atoms with Crippen molar-refractivity contribution in [2.75, 3.05) is 19.6 Å². The first-order chi connectivity index (χ1) is 17.0. The van der Waals surface area contributed by atoms with Gasteiger partial charge in [0.1, 0.15) is 5.69 Å². The number of rotatable bonds is 7. The predicted octanol–water partition coefficient (Wildman–Crippen LogP) is 1.25. The van der Waals surface area contributed by atoms with Gasteiger partial charge >= 0.3 is 0 Å². The van der Waals surface area contributed by atoms with Gasteiger partial charge < -0.3 is 25.1 Å². The van der Waals surface area contributed by atoms with Gasteiger partial charge in [0.2, 0.25) is 18.4 Å². The number of aromatic hydroxyl groups is 1. The highest BCUT2D eigenvalue weighted by molar-refractivity contribution is 5.98. The van der Waals surface area contributed by atoms with Crippen LogP contribution in [-0.2, 0) is 0 Å². The van der Waals surface area contributed by atoms with Crippen LogP contribution < -0.4 is 30.8 Å². The lowest BCUT2D eigenvalue weighted by atomic mass is 10.1. The zero-order valence-electron chi connectivity index (χ0n) is 18.2. The molecule has 1 aliphatic heterocycles. The second kappa shape index (κ2) is 8.58. The third-order valence-electron chi connectivity index (χ3n) is 5.08. The van der Waals surface area contributed by atoms with Crippen LogP contribution in [0.2, 0.25) is 0 Å². The number of nitrogen functional groups attached to an aromatic ring is 1. The Morgan fingerprint density at radius 2 is 2.00 bits per heavy atom. The van der Waals surface area contributed by atoms with Gasteiger partial charge in [-0.1, -0.05) is 11.8 Å². The molecule has 1 aliphatic rings. The summed E-state index contributed by atoms with van der Waals surface area (Å²) in [7, 11) is 1.43. The van der Waals surface area contributed by atoms with Gasteiger partial charge in [-0.25, -0.2) is 4.63 Å². The quantitative estimate of drug-likeness (QED) is 0.279. The van der Waals surface area contributed by atoms with Gasteiger partial charge in [-0.3, -0.25) is 15.6 Å². The molecular formula is C21H18N8O6. The fourth-order valence-corrected chi connectivity index (χ4v) is 3.35. The van der Waals surface area contributed by atoms with Crippen LogP contribution in [0.3, 0.4) is 0 Å². The second-order valence-electron chi connectivity index (χ2n) is 7.18. The van der Waals surface area contributed by atoms with Crippen LogP contribution in [0.15, 0.2) is 47.6 Å². The predicted molar refractivity (Wildman–Crippen MR) is 119 cm³/mol. The number of nitrogens with two attached hydrogens (primary N) is 1. The number of anilines is 1. The van der Waals surface area contributed by atoms with Gasteiger partial charge in [0.15, 0.2) is 28.7 Å². The van der Waals surface area contributed by atoms with Gasteiger partial charge in [-0.15, -0.1) is 5.10 Å². The first-order valence-corrected chi connectivity index (χ1v) is 10.0. The van der Waals surface area contributed by atoms with E-state index in [-0.39, 0.29) is 41.3 Å². The molecule has 0 aliphatic carbocycles. The number of amides is 1. The minimum Gasteiger partial charge on any atom is -0.504 e.